The summed E-state index contributed by atoms with van der Waals surface area (Å²) in [5.74, 6) is 0.299. The minimum absolute atomic E-state index is 0.249. The van der Waals surface area contributed by atoms with Gasteiger partial charge in [0.05, 0.1) is 16.9 Å². The molecule has 2 aromatic rings. The number of amides is 2. The summed E-state index contributed by atoms with van der Waals surface area (Å²) in [6, 6.07) is 12.2. The zero-order valence-corrected chi connectivity index (χ0v) is 18.3. The van der Waals surface area contributed by atoms with Gasteiger partial charge in [-0.2, -0.15) is 13.2 Å². The molecule has 2 N–H and O–H groups in total. The second kappa shape index (κ2) is 10.4. The van der Waals surface area contributed by atoms with Gasteiger partial charge in [-0.05, 0) is 48.7 Å². The lowest BCUT2D eigenvalue weighted by atomic mass is 10.1. The molecule has 6 nitrogen and oxygen atoms in total. The normalized spacial score (nSPS) is 18.3. The highest BCUT2D eigenvalue weighted by atomic mass is 32.2. The molecular weight excluding hydrogens is 445 g/mol. The molecule has 172 valence electrons. The Bertz CT molecular complexity index is 953. The van der Waals surface area contributed by atoms with E-state index in [0.29, 0.717) is 17.7 Å². The van der Waals surface area contributed by atoms with Crippen LogP contribution in [0.15, 0.2) is 48.5 Å². The molecule has 1 saturated heterocycles. The largest absolute Gasteiger partial charge is 0.476 e. The summed E-state index contributed by atoms with van der Waals surface area (Å²) in [6.45, 7) is 2.02. The van der Waals surface area contributed by atoms with E-state index in [9.17, 15) is 22.8 Å². The molecule has 32 heavy (non-hydrogen) atoms. The zero-order valence-electron chi connectivity index (χ0n) is 17.4. The molecule has 0 aliphatic carbocycles. The molecule has 0 bridgehead atoms. The number of ether oxygens (including phenoxy) is 2. The van der Waals surface area contributed by atoms with Crippen LogP contribution >= 0.6 is 11.8 Å². The number of halogens is 3. The molecule has 3 unspecified atom stereocenters. The van der Waals surface area contributed by atoms with E-state index in [1.165, 1.54) is 13.2 Å². The van der Waals surface area contributed by atoms with Gasteiger partial charge in [-0.25, -0.2) is 0 Å². The van der Waals surface area contributed by atoms with Crippen molar-refractivity contribution in [3.63, 3.8) is 0 Å². The van der Waals surface area contributed by atoms with Crippen molar-refractivity contribution in [2.75, 3.05) is 13.7 Å². The second-order valence-corrected chi connectivity index (χ2v) is 8.42. The SMILES string of the molecule is COC(CNC(C)Oc1ccc(CC2SC(=O)NC2=O)cc1)c1cccc(C(F)(F)F)c1. The fourth-order valence-electron chi connectivity index (χ4n) is 3.22. The maximum atomic E-state index is 13.0. The highest BCUT2D eigenvalue weighted by Gasteiger charge is 2.32. The van der Waals surface area contributed by atoms with Gasteiger partial charge in [-0.15, -0.1) is 0 Å². The lowest BCUT2D eigenvalue weighted by Gasteiger charge is -2.22. The number of rotatable bonds is 9. The van der Waals surface area contributed by atoms with Crippen molar-refractivity contribution in [2.45, 2.75) is 37.1 Å². The first-order chi connectivity index (χ1) is 15.2. The summed E-state index contributed by atoms with van der Waals surface area (Å²) >= 11 is 0.980. The lowest BCUT2D eigenvalue weighted by molar-refractivity contribution is -0.137. The molecule has 0 saturated carbocycles. The van der Waals surface area contributed by atoms with E-state index in [4.69, 9.17) is 9.47 Å². The Balaban J connectivity index is 1.52. The highest BCUT2D eigenvalue weighted by Crippen LogP contribution is 2.31. The smallest absolute Gasteiger partial charge is 0.416 e. The van der Waals surface area contributed by atoms with E-state index in [-0.39, 0.29) is 17.7 Å². The second-order valence-electron chi connectivity index (χ2n) is 7.25. The Labute approximate surface area is 187 Å². The monoisotopic (exact) mass is 468 g/mol. The lowest BCUT2D eigenvalue weighted by Crippen LogP contribution is -2.35. The first-order valence-electron chi connectivity index (χ1n) is 9.86. The Morgan fingerprint density at radius 2 is 1.88 bits per heavy atom. The summed E-state index contributed by atoms with van der Waals surface area (Å²) in [6.07, 6.45) is -5.00. The van der Waals surface area contributed by atoms with Crippen LogP contribution in [-0.2, 0) is 22.1 Å². The minimum atomic E-state index is -4.42. The van der Waals surface area contributed by atoms with Crippen LogP contribution in [0.3, 0.4) is 0 Å². The van der Waals surface area contributed by atoms with Crippen LogP contribution in [0.1, 0.15) is 29.7 Å². The maximum absolute atomic E-state index is 13.0. The van der Waals surface area contributed by atoms with Crippen molar-refractivity contribution >= 4 is 22.9 Å². The Hall–Kier alpha value is -2.56. The summed E-state index contributed by atoms with van der Waals surface area (Å²) in [7, 11) is 1.44. The van der Waals surface area contributed by atoms with Crippen molar-refractivity contribution < 1.29 is 32.2 Å². The van der Waals surface area contributed by atoms with Crippen LogP contribution < -0.4 is 15.4 Å². The van der Waals surface area contributed by atoms with Gasteiger partial charge in [0.1, 0.15) is 12.0 Å². The number of methoxy groups -OCH3 is 1. The molecule has 0 aromatic heterocycles. The van der Waals surface area contributed by atoms with Crippen molar-refractivity contribution in [1.29, 1.82) is 0 Å². The van der Waals surface area contributed by atoms with E-state index in [0.717, 1.165) is 29.5 Å². The van der Waals surface area contributed by atoms with E-state index in [2.05, 4.69) is 10.6 Å². The molecular formula is C22H23F3N2O4S. The number of alkyl halides is 3. The topological polar surface area (TPSA) is 76.7 Å². The molecule has 0 radical (unpaired) electrons. The first kappa shape index (κ1) is 24.1. The summed E-state index contributed by atoms with van der Waals surface area (Å²) in [5, 5.41) is 4.59. The number of nitrogens with one attached hydrogen (secondary N) is 2. The molecule has 2 amide bonds. The molecule has 3 rings (SSSR count). The molecule has 3 atom stereocenters. The fraction of sp³-hybridized carbons (Fsp3) is 0.364. The number of hydrogen-bond acceptors (Lipinski definition) is 6. The predicted molar refractivity (Wildman–Crippen MR) is 114 cm³/mol. The number of carbonyl (C=O) groups is 2. The predicted octanol–water partition coefficient (Wildman–Crippen LogP) is 4.30. The van der Waals surface area contributed by atoms with Crippen LogP contribution in [0.5, 0.6) is 5.75 Å². The number of imide groups is 1. The Morgan fingerprint density at radius 1 is 1.16 bits per heavy atom. The molecule has 0 spiro atoms. The molecule has 1 heterocycles. The van der Waals surface area contributed by atoms with Gasteiger partial charge < -0.3 is 9.47 Å². The van der Waals surface area contributed by atoms with E-state index >= 15 is 0 Å². The first-order valence-corrected chi connectivity index (χ1v) is 10.7. The highest BCUT2D eigenvalue weighted by molar-refractivity contribution is 8.15. The standard InChI is InChI=1S/C22H23F3N2O4S/c1-13(26-12-18(30-2)15-4-3-5-16(11-15)22(23,24)25)31-17-8-6-14(7-9-17)10-19-20(28)27-21(29)32-19/h3-9,11,13,18-19,26H,10,12H2,1-2H3,(H,27,28,29). The molecule has 10 heteroatoms. The van der Waals surface area contributed by atoms with Crippen LogP contribution in [-0.4, -0.2) is 36.3 Å². The Morgan fingerprint density at radius 3 is 2.47 bits per heavy atom. The van der Waals surface area contributed by atoms with Crippen molar-refractivity contribution in [3.8, 4) is 5.75 Å². The van der Waals surface area contributed by atoms with Gasteiger partial charge >= 0.3 is 6.18 Å². The van der Waals surface area contributed by atoms with Crippen molar-refractivity contribution in [3.05, 3.63) is 65.2 Å². The summed E-state index contributed by atoms with van der Waals surface area (Å²) in [4.78, 5) is 22.9. The Kier molecular flexibility index (Phi) is 7.81. The van der Waals surface area contributed by atoms with Crippen molar-refractivity contribution in [1.82, 2.24) is 10.6 Å². The fourth-order valence-corrected chi connectivity index (χ4v) is 4.08. The van der Waals surface area contributed by atoms with E-state index in [1.807, 2.05) is 12.1 Å². The van der Waals surface area contributed by atoms with Gasteiger partial charge in [0.25, 0.3) is 5.24 Å². The van der Waals surface area contributed by atoms with Gasteiger partial charge in [-0.3, -0.25) is 20.2 Å². The zero-order chi connectivity index (χ0) is 23.3. The maximum Gasteiger partial charge on any atom is 0.416 e. The third-order valence-electron chi connectivity index (χ3n) is 4.89. The average Bonchev–Trinajstić information content (AvgIpc) is 3.06. The number of hydrogen-bond donors (Lipinski definition) is 2. The number of benzene rings is 2. The van der Waals surface area contributed by atoms with Crippen molar-refractivity contribution in [2.24, 2.45) is 0 Å². The van der Waals surface area contributed by atoms with Crippen LogP contribution in [0.2, 0.25) is 0 Å². The third-order valence-corrected chi connectivity index (χ3v) is 5.87. The molecule has 1 fully saturated rings. The van der Waals surface area contributed by atoms with Gasteiger partial charge in [0.15, 0.2) is 0 Å². The van der Waals surface area contributed by atoms with Gasteiger partial charge in [-0.1, -0.05) is 36.0 Å². The third kappa shape index (κ3) is 6.47. The molecule has 1 aliphatic rings. The van der Waals surface area contributed by atoms with Crippen LogP contribution in [0.25, 0.3) is 0 Å². The van der Waals surface area contributed by atoms with E-state index < -0.39 is 29.3 Å². The number of carbonyl (C=O) groups excluding carboxylic acids is 2. The minimum Gasteiger partial charge on any atom is -0.476 e. The molecule has 2 aromatic carbocycles. The van der Waals surface area contributed by atoms with Crippen LogP contribution in [0.4, 0.5) is 18.0 Å². The average molecular weight is 468 g/mol. The quantitative estimate of drug-likeness (QED) is 0.535. The van der Waals surface area contributed by atoms with Gasteiger partial charge in [0, 0.05) is 13.7 Å². The summed E-state index contributed by atoms with van der Waals surface area (Å²) < 4.78 is 50.0. The number of thioether (sulfide) groups is 1. The molecule has 1 aliphatic heterocycles. The van der Waals surface area contributed by atoms with Gasteiger partial charge in [0.2, 0.25) is 5.91 Å². The summed E-state index contributed by atoms with van der Waals surface area (Å²) in [5.41, 5.74) is 0.585. The van der Waals surface area contributed by atoms with E-state index in [1.54, 1.807) is 25.1 Å². The van der Waals surface area contributed by atoms with Crippen LogP contribution in [0, 0.1) is 0 Å².